The van der Waals surface area contributed by atoms with Crippen molar-refractivity contribution in [3.8, 4) is 0 Å². The molecular weight excluding hydrogens is 230 g/mol. The summed E-state index contributed by atoms with van der Waals surface area (Å²) in [5, 5.41) is 10.00. The summed E-state index contributed by atoms with van der Waals surface area (Å²) in [7, 11) is 3.46. The maximum atomic E-state index is 11.4. The van der Waals surface area contributed by atoms with Crippen LogP contribution in [0.5, 0.6) is 0 Å². The first-order chi connectivity index (χ1) is 8.69. The number of pyridine rings is 1. The van der Waals surface area contributed by atoms with Gasteiger partial charge in [0.2, 0.25) is 0 Å². The summed E-state index contributed by atoms with van der Waals surface area (Å²) in [6, 6.07) is 5.46. The average molecular weight is 245 g/mol. The van der Waals surface area contributed by atoms with Gasteiger partial charge in [-0.05, 0) is 18.2 Å². The molecule has 0 aliphatic carbocycles. The van der Waals surface area contributed by atoms with Crippen LogP contribution in [0.2, 0.25) is 0 Å². The number of hydrogen-bond donors (Lipinski definition) is 2. The normalized spacial score (nSPS) is 10.1. The van der Waals surface area contributed by atoms with Crippen molar-refractivity contribution in [3.05, 3.63) is 42.0 Å². The summed E-state index contributed by atoms with van der Waals surface area (Å²) < 4.78 is 1.75. The van der Waals surface area contributed by atoms with Gasteiger partial charge >= 0.3 is 0 Å². The van der Waals surface area contributed by atoms with Crippen LogP contribution in [0.3, 0.4) is 0 Å². The Kier molecular flexibility index (Phi) is 3.57. The first kappa shape index (κ1) is 12.1. The highest BCUT2D eigenvalue weighted by molar-refractivity contribution is 5.92. The maximum Gasteiger partial charge on any atom is 0.269 e. The minimum absolute atomic E-state index is 0.198. The van der Waals surface area contributed by atoms with Gasteiger partial charge in [0.25, 0.3) is 5.91 Å². The molecule has 2 aromatic heterocycles. The van der Waals surface area contributed by atoms with Crippen LogP contribution in [-0.2, 0) is 13.6 Å². The second-order valence-electron chi connectivity index (χ2n) is 3.84. The molecular formula is C12H15N5O. The number of carbonyl (C=O) groups is 1. The molecule has 2 aromatic rings. The van der Waals surface area contributed by atoms with E-state index in [-0.39, 0.29) is 5.91 Å². The topological polar surface area (TPSA) is 71.8 Å². The molecule has 2 N–H and O–H groups in total. The molecule has 18 heavy (non-hydrogen) atoms. The number of aryl methyl sites for hydroxylation is 1. The lowest BCUT2D eigenvalue weighted by molar-refractivity contribution is 0.0958. The molecule has 6 heteroatoms. The van der Waals surface area contributed by atoms with Gasteiger partial charge in [-0.1, -0.05) is 0 Å². The fourth-order valence-electron chi connectivity index (χ4n) is 1.54. The van der Waals surface area contributed by atoms with Crippen molar-refractivity contribution in [3.63, 3.8) is 0 Å². The quantitative estimate of drug-likeness (QED) is 0.835. The fourth-order valence-corrected chi connectivity index (χ4v) is 1.54. The zero-order valence-corrected chi connectivity index (χ0v) is 10.3. The summed E-state index contributed by atoms with van der Waals surface area (Å²) >= 11 is 0. The maximum absolute atomic E-state index is 11.4. The van der Waals surface area contributed by atoms with Crippen LogP contribution in [0.1, 0.15) is 16.2 Å². The summed E-state index contributed by atoms with van der Waals surface area (Å²) in [6.07, 6.45) is 3.49. The molecule has 0 spiro atoms. The van der Waals surface area contributed by atoms with Crippen molar-refractivity contribution in [1.82, 2.24) is 20.1 Å². The largest absolute Gasteiger partial charge is 0.379 e. The Balaban J connectivity index is 2.03. The predicted molar refractivity (Wildman–Crippen MR) is 68.2 cm³/mol. The van der Waals surface area contributed by atoms with E-state index in [1.54, 1.807) is 24.0 Å². The van der Waals surface area contributed by atoms with E-state index < -0.39 is 0 Å². The summed E-state index contributed by atoms with van der Waals surface area (Å²) in [5.41, 5.74) is 2.17. The Morgan fingerprint density at radius 1 is 1.44 bits per heavy atom. The Labute approximate surface area is 105 Å². The molecule has 0 saturated heterocycles. The minimum Gasteiger partial charge on any atom is -0.379 e. The number of anilines is 1. The van der Waals surface area contributed by atoms with Crippen LogP contribution in [-0.4, -0.2) is 27.7 Å². The lowest BCUT2D eigenvalue weighted by atomic mass is 10.3. The standard InChI is InChI=1S/C12H15N5O/c1-13-12(18)11-7-9(3-5-14-11)15-8-10-4-6-17(2)16-10/h3-7H,8H2,1-2H3,(H,13,18)(H,14,15). The number of rotatable bonds is 4. The van der Waals surface area contributed by atoms with E-state index in [9.17, 15) is 4.79 Å². The lowest BCUT2D eigenvalue weighted by Crippen LogP contribution is -2.19. The van der Waals surface area contributed by atoms with Crippen LogP contribution in [0.15, 0.2) is 30.6 Å². The van der Waals surface area contributed by atoms with Crippen molar-refractivity contribution in [2.75, 3.05) is 12.4 Å². The zero-order chi connectivity index (χ0) is 13.0. The van der Waals surface area contributed by atoms with E-state index in [1.165, 1.54) is 0 Å². The molecule has 2 rings (SSSR count). The van der Waals surface area contributed by atoms with E-state index >= 15 is 0 Å². The van der Waals surface area contributed by atoms with Crippen molar-refractivity contribution >= 4 is 11.6 Å². The molecule has 6 nitrogen and oxygen atoms in total. The predicted octanol–water partition coefficient (Wildman–Crippen LogP) is 0.787. The molecule has 0 bridgehead atoms. The van der Waals surface area contributed by atoms with Crippen LogP contribution in [0, 0.1) is 0 Å². The number of hydrogen-bond acceptors (Lipinski definition) is 4. The number of aromatic nitrogens is 3. The smallest absolute Gasteiger partial charge is 0.269 e. The van der Waals surface area contributed by atoms with Gasteiger partial charge in [-0.25, -0.2) is 0 Å². The van der Waals surface area contributed by atoms with Gasteiger partial charge in [0.15, 0.2) is 0 Å². The van der Waals surface area contributed by atoms with Crippen LogP contribution >= 0.6 is 0 Å². The highest BCUT2D eigenvalue weighted by atomic mass is 16.1. The first-order valence-electron chi connectivity index (χ1n) is 5.59. The minimum atomic E-state index is -0.198. The van der Waals surface area contributed by atoms with Gasteiger partial charge in [-0.2, -0.15) is 5.10 Å². The highest BCUT2D eigenvalue weighted by Gasteiger charge is 2.05. The monoisotopic (exact) mass is 245 g/mol. The van der Waals surface area contributed by atoms with Gasteiger partial charge in [0.05, 0.1) is 12.2 Å². The lowest BCUT2D eigenvalue weighted by Gasteiger charge is -2.05. The van der Waals surface area contributed by atoms with Crippen molar-refractivity contribution < 1.29 is 4.79 Å². The Morgan fingerprint density at radius 2 is 2.28 bits per heavy atom. The molecule has 0 saturated carbocycles. The van der Waals surface area contributed by atoms with Crippen molar-refractivity contribution in [2.24, 2.45) is 7.05 Å². The number of carbonyl (C=O) groups excluding carboxylic acids is 1. The van der Waals surface area contributed by atoms with Gasteiger partial charge < -0.3 is 10.6 Å². The molecule has 0 radical (unpaired) electrons. The molecule has 0 atom stereocenters. The SMILES string of the molecule is CNC(=O)c1cc(NCc2ccn(C)n2)ccn1. The van der Waals surface area contributed by atoms with Gasteiger partial charge in [0, 0.05) is 32.2 Å². The van der Waals surface area contributed by atoms with Crippen molar-refractivity contribution in [1.29, 1.82) is 0 Å². The average Bonchev–Trinajstić information content (AvgIpc) is 2.81. The number of nitrogens with zero attached hydrogens (tertiary/aromatic N) is 3. The Hall–Kier alpha value is -2.37. The molecule has 2 heterocycles. The highest BCUT2D eigenvalue weighted by Crippen LogP contribution is 2.09. The summed E-state index contributed by atoms with van der Waals surface area (Å²) in [5.74, 6) is -0.198. The molecule has 0 aliphatic rings. The fraction of sp³-hybridized carbons (Fsp3) is 0.250. The zero-order valence-electron chi connectivity index (χ0n) is 10.3. The molecule has 0 fully saturated rings. The van der Waals surface area contributed by atoms with Gasteiger partial charge in [0.1, 0.15) is 5.69 Å². The Morgan fingerprint density at radius 3 is 2.94 bits per heavy atom. The van der Waals surface area contributed by atoms with E-state index in [1.807, 2.05) is 25.4 Å². The second kappa shape index (κ2) is 5.31. The van der Waals surface area contributed by atoms with Gasteiger partial charge in [-0.15, -0.1) is 0 Å². The summed E-state index contributed by atoms with van der Waals surface area (Å²) in [6.45, 7) is 0.609. The van der Waals surface area contributed by atoms with Crippen LogP contribution in [0.4, 0.5) is 5.69 Å². The third kappa shape index (κ3) is 2.85. The van der Waals surface area contributed by atoms with E-state index in [2.05, 4.69) is 20.7 Å². The number of nitrogens with one attached hydrogen (secondary N) is 2. The molecule has 0 unspecified atom stereocenters. The van der Waals surface area contributed by atoms with Crippen molar-refractivity contribution in [2.45, 2.75) is 6.54 Å². The third-order valence-electron chi connectivity index (χ3n) is 2.46. The molecule has 94 valence electrons. The van der Waals surface area contributed by atoms with Crippen LogP contribution < -0.4 is 10.6 Å². The van der Waals surface area contributed by atoms with Gasteiger partial charge in [-0.3, -0.25) is 14.5 Å². The summed E-state index contributed by atoms with van der Waals surface area (Å²) in [4.78, 5) is 15.4. The van der Waals surface area contributed by atoms with Crippen LogP contribution in [0.25, 0.3) is 0 Å². The Bertz CT molecular complexity index is 549. The van der Waals surface area contributed by atoms with E-state index in [4.69, 9.17) is 0 Å². The van der Waals surface area contributed by atoms with E-state index in [0.29, 0.717) is 12.2 Å². The molecule has 1 amide bonds. The third-order valence-corrected chi connectivity index (χ3v) is 2.46. The number of amides is 1. The molecule has 0 aromatic carbocycles. The first-order valence-corrected chi connectivity index (χ1v) is 5.59. The molecule has 0 aliphatic heterocycles. The van der Waals surface area contributed by atoms with E-state index in [0.717, 1.165) is 11.4 Å². The second-order valence-corrected chi connectivity index (χ2v) is 3.84.